The molecule has 0 aliphatic carbocycles. The molecule has 0 N–H and O–H groups in total. The summed E-state index contributed by atoms with van der Waals surface area (Å²) in [6.45, 7) is 7.82. The van der Waals surface area contributed by atoms with Crippen LogP contribution in [0.25, 0.3) is 0 Å². The smallest absolute Gasteiger partial charge is 0.269 e. The Morgan fingerprint density at radius 2 is 0.892 bits per heavy atom. The van der Waals surface area contributed by atoms with Crippen LogP contribution in [-0.4, -0.2) is 117 Å². The van der Waals surface area contributed by atoms with Crippen molar-refractivity contribution in [3.63, 3.8) is 0 Å². The van der Waals surface area contributed by atoms with Crippen LogP contribution >= 0.6 is 0 Å². The first-order valence-electron chi connectivity index (χ1n) is 12.2. The third kappa shape index (κ3) is 21.5. The predicted molar refractivity (Wildman–Crippen MR) is 134 cm³/mol. The lowest BCUT2D eigenvalue weighted by atomic mass is 10.3. The Morgan fingerprint density at radius 3 is 1.22 bits per heavy atom. The minimum atomic E-state index is -0.453. The molecule has 0 amide bonds. The van der Waals surface area contributed by atoms with Crippen LogP contribution in [0.2, 0.25) is 0 Å². The standard InChI is InChI=1S/C25H39NO11/c1-2-7-29-8-9-30-10-11-31-12-13-32-14-15-33-16-17-34-18-19-35-20-21-36-22-23-37-25-5-3-24(4-6-25)26(27)28/h1,3-6H,7-23H2. The number of hydrogen-bond acceptors (Lipinski definition) is 11. The monoisotopic (exact) mass is 529 g/mol. The summed E-state index contributed by atoms with van der Waals surface area (Å²) in [6, 6.07) is 5.90. The van der Waals surface area contributed by atoms with Gasteiger partial charge in [0.05, 0.1) is 104 Å². The summed E-state index contributed by atoms with van der Waals surface area (Å²) >= 11 is 0. The molecule has 12 heteroatoms. The van der Waals surface area contributed by atoms with Crippen molar-refractivity contribution in [3.8, 4) is 18.1 Å². The van der Waals surface area contributed by atoms with Crippen LogP contribution in [0.1, 0.15) is 0 Å². The Labute approximate surface area is 218 Å². The van der Waals surface area contributed by atoms with Crippen molar-refractivity contribution in [2.24, 2.45) is 0 Å². The van der Waals surface area contributed by atoms with Crippen LogP contribution in [-0.2, 0) is 37.9 Å². The van der Waals surface area contributed by atoms with E-state index in [2.05, 4.69) is 5.92 Å². The summed E-state index contributed by atoms with van der Waals surface area (Å²) in [7, 11) is 0. The molecule has 0 aliphatic rings. The molecule has 0 heterocycles. The molecule has 1 aromatic rings. The second-order valence-electron chi connectivity index (χ2n) is 7.14. The normalized spacial score (nSPS) is 10.9. The average molecular weight is 530 g/mol. The molecule has 0 aromatic heterocycles. The topological polar surface area (TPSA) is 126 Å². The molecule has 1 rings (SSSR count). The molecule has 0 saturated carbocycles. The van der Waals surface area contributed by atoms with Crippen LogP contribution in [0.4, 0.5) is 5.69 Å². The van der Waals surface area contributed by atoms with Gasteiger partial charge in [-0.3, -0.25) is 10.1 Å². The van der Waals surface area contributed by atoms with E-state index in [0.717, 1.165) is 0 Å². The maximum Gasteiger partial charge on any atom is 0.269 e. The first-order valence-corrected chi connectivity index (χ1v) is 12.2. The third-order valence-electron chi connectivity index (χ3n) is 4.33. The van der Waals surface area contributed by atoms with E-state index in [-0.39, 0.29) is 5.69 Å². The number of nitrogens with zero attached hydrogens (tertiary/aromatic N) is 1. The number of rotatable bonds is 27. The van der Waals surface area contributed by atoms with Crippen molar-refractivity contribution in [2.45, 2.75) is 0 Å². The number of nitro benzene ring substituents is 1. The van der Waals surface area contributed by atoms with E-state index in [1.54, 1.807) is 12.1 Å². The highest BCUT2D eigenvalue weighted by molar-refractivity contribution is 5.35. The Hall–Kier alpha value is -2.34. The molecule has 0 aliphatic heterocycles. The molecule has 0 unspecified atom stereocenters. The largest absolute Gasteiger partial charge is 0.491 e. The van der Waals surface area contributed by atoms with Crippen molar-refractivity contribution in [1.82, 2.24) is 0 Å². The quantitative estimate of drug-likeness (QED) is 0.0716. The summed E-state index contributed by atoms with van der Waals surface area (Å²) in [6.07, 6.45) is 5.06. The zero-order chi connectivity index (χ0) is 26.7. The second kappa shape index (κ2) is 25.3. The van der Waals surface area contributed by atoms with E-state index in [1.807, 2.05) is 0 Å². The lowest BCUT2D eigenvalue weighted by Crippen LogP contribution is -2.15. The van der Waals surface area contributed by atoms with E-state index >= 15 is 0 Å². The van der Waals surface area contributed by atoms with Crippen LogP contribution in [0.5, 0.6) is 5.75 Å². The third-order valence-corrected chi connectivity index (χ3v) is 4.33. The average Bonchev–Trinajstić information content (AvgIpc) is 2.91. The van der Waals surface area contributed by atoms with Crippen molar-refractivity contribution in [2.75, 3.05) is 112 Å². The number of non-ortho nitro benzene ring substituents is 1. The Morgan fingerprint density at radius 1 is 0.568 bits per heavy atom. The van der Waals surface area contributed by atoms with Crippen molar-refractivity contribution < 1.29 is 47.6 Å². The minimum absolute atomic E-state index is 0.0267. The Balaban J connectivity index is 1.69. The summed E-state index contributed by atoms with van der Waals surface area (Å²) < 4.78 is 48.3. The van der Waals surface area contributed by atoms with Crippen LogP contribution in [0.3, 0.4) is 0 Å². The van der Waals surface area contributed by atoms with Gasteiger partial charge in [0.1, 0.15) is 19.0 Å². The molecule has 0 bridgehead atoms. The van der Waals surface area contributed by atoms with Gasteiger partial charge in [0, 0.05) is 12.1 Å². The van der Waals surface area contributed by atoms with Crippen LogP contribution < -0.4 is 4.74 Å². The van der Waals surface area contributed by atoms with Crippen LogP contribution in [0.15, 0.2) is 24.3 Å². The Kier molecular flexibility index (Phi) is 22.4. The van der Waals surface area contributed by atoms with Gasteiger partial charge in [-0.05, 0) is 12.1 Å². The van der Waals surface area contributed by atoms with Gasteiger partial charge in [-0.2, -0.15) is 0 Å². The first-order chi connectivity index (χ1) is 18.2. The highest BCUT2D eigenvalue weighted by atomic mass is 16.6. The number of ether oxygens (including phenoxy) is 9. The highest BCUT2D eigenvalue weighted by Crippen LogP contribution is 2.17. The number of nitro groups is 1. The molecule has 210 valence electrons. The van der Waals surface area contributed by atoms with Crippen molar-refractivity contribution >= 4 is 5.69 Å². The lowest BCUT2D eigenvalue weighted by molar-refractivity contribution is -0.384. The number of hydrogen-bond donors (Lipinski definition) is 0. The predicted octanol–water partition coefficient (Wildman–Crippen LogP) is 1.74. The van der Waals surface area contributed by atoms with Crippen LogP contribution in [0, 0.1) is 22.5 Å². The number of terminal acetylenes is 1. The summed E-state index contributed by atoms with van der Waals surface area (Å²) in [5, 5.41) is 10.6. The molecule has 1 aromatic carbocycles. The van der Waals surface area contributed by atoms with Gasteiger partial charge < -0.3 is 42.6 Å². The highest BCUT2D eigenvalue weighted by Gasteiger charge is 2.04. The second-order valence-corrected chi connectivity index (χ2v) is 7.14. The molecule has 37 heavy (non-hydrogen) atoms. The van der Waals surface area contributed by atoms with Gasteiger partial charge in [0.15, 0.2) is 0 Å². The van der Waals surface area contributed by atoms with Gasteiger partial charge in [0.2, 0.25) is 0 Å². The van der Waals surface area contributed by atoms with Gasteiger partial charge in [-0.1, -0.05) is 5.92 Å². The van der Waals surface area contributed by atoms with E-state index in [9.17, 15) is 10.1 Å². The van der Waals surface area contributed by atoms with Crippen molar-refractivity contribution in [1.29, 1.82) is 0 Å². The van der Waals surface area contributed by atoms with E-state index < -0.39 is 4.92 Å². The zero-order valence-corrected chi connectivity index (χ0v) is 21.3. The summed E-state index contributed by atoms with van der Waals surface area (Å²) in [4.78, 5) is 10.1. The van der Waals surface area contributed by atoms with E-state index in [1.165, 1.54) is 12.1 Å². The molecule has 0 spiro atoms. The molecular weight excluding hydrogens is 490 g/mol. The maximum atomic E-state index is 10.6. The summed E-state index contributed by atoms with van der Waals surface area (Å²) in [5.41, 5.74) is 0.0267. The number of benzene rings is 1. The van der Waals surface area contributed by atoms with Gasteiger partial charge in [-0.25, -0.2) is 0 Å². The van der Waals surface area contributed by atoms with E-state index in [0.29, 0.717) is 118 Å². The molecule has 0 saturated heterocycles. The fourth-order valence-corrected chi connectivity index (χ4v) is 2.55. The molecule has 0 fully saturated rings. The first kappa shape index (κ1) is 32.7. The molecule has 0 atom stereocenters. The SMILES string of the molecule is C#CCOCCOCCOCCOCCOCCOCCOCCOCCOc1ccc([N+](=O)[O-])cc1. The maximum absolute atomic E-state index is 10.6. The molecule has 0 radical (unpaired) electrons. The van der Waals surface area contributed by atoms with E-state index in [4.69, 9.17) is 49.1 Å². The van der Waals surface area contributed by atoms with Gasteiger partial charge in [-0.15, -0.1) is 6.42 Å². The fourth-order valence-electron chi connectivity index (χ4n) is 2.55. The van der Waals surface area contributed by atoms with Crippen molar-refractivity contribution in [3.05, 3.63) is 34.4 Å². The van der Waals surface area contributed by atoms with Gasteiger partial charge >= 0.3 is 0 Å². The minimum Gasteiger partial charge on any atom is -0.491 e. The lowest BCUT2D eigenvalue weighted by Gasteiger charge is -2.09. The summed E-state index contributed by atoms with van der Waals surface area (Å²) in [5.74, 6) is 2.95. The molecular formula is C25H39NO11. The van der Waals surface area contributed by atoms with Gasteiger partial charge in [0.25, 0.3) is 5.69 Å². The fraction of sp³-hybridized carbons (Fsp3) is 0.680. The Bertz CT molecular complexity index is 697. The molecule has 12 nitrogen and oxygen atoms in total. The zero-order valence-electron chi connectivity index (χ0n) is 21.3.